The minimum Gasteiger partial charge on any atom is -0.335 e. The fraction of sp³-hybridized carbons (Fsp3) is 0.174. The third kappa shape index (κ3) is 5.00. The van der Waals surface area contributed by atoms with Crippen LogP contribution in [-0.4, -0.2) is 32.4 Å². The molecule has 0 spiro atoms. The third-order valence-electron chi connectivity index (χ3n) is 4.93. The van der Waals surface area contributed by atoms with Crippen molar-refractivity contribution in [3.63, 3.8) is 0 Å². The largest absolute Gasteiger partial charge is 0.335 e. The lowest BCUT2D eigenvalue weighted by Crippen LogP contribution is -2.27. The number of carbonyl (C=O) groups excluding carboxylic acids is 1. The number of benzene rings is 2. The molecule has 0 bridgehead atoms. The molecule has 0 saturated heterocycles. The van der Waals surface area contributed by atoms with Crippen LogP contribution >= 0.6 is 23.1 Å². The van der Waals surface area contributed by atoms with E-state index < -0.39 is 28.8 Å². The van der Waals surface area contributed by atoms with Gasteiger partial charge in [0.25, 0.3) is 5.91 Å². The summed E-state index contributed by atoms with van der Waals surface area (Å²) in [7, 11) is 1.63. The van der Waals surface area contributed by atoms with Crippen LogP contribution < -0.4 is 0 Å². The zero-order valence-corrected chi connectivity index (χ0v) is 19.7. The van der Waals surface area contributed by atoms with Crippen LogP contribution in [0.5, 0.6) is 0 Å². The number of hydrogen-bond acceptors (Lipinski definition) is 5. The number of imidazole rings is 1. The second-order valence-corrected chi connectivity index (χ2v) is 9.62. The zero-order valence-electron chi connectivity index (χ0n) is 18.1. The van der Waals surface area contributed by atoms with Crippen LogP contribution in [0.25, 0.3) is 5.69 Å². The first-order valence-electron chi connectivity index (χ1n) is 10.00. The molecular formula is C23H18F4N4OS2. The Morgan fingerprint density at radius 1 is 1.03 bits per heavy atom. The van der Waals surface area contributed by atoms with Gasteiger partial charge in [-0.1, -0.05) is 11.8 Å². The maximum Gasteiger partial charge on any atom is 0.272 e. The lowest BCUT2D eigenvalue weighted by atomic mass is 10.2. The molecule has 11 heteroatoms. The highest BCUT2D eigenvalue weighted by Gasteiger charge is 2.23. The molecule has 5 nitrogen and oxygen atoms in total. The fourth-order valence-corrected chi connectivity index (χ4v) is 5.09. The summed E-state index contributed by atoms with van der Waals surface area (Å²) in [5, 5.41) is 1.11. The Hall–Kier alpha value is -3.18. The highest BCUT2D eigenvalue weighted by Crippen LogP contribution is 2.30. The maximum absolute atomic E-state index is 14.1. The number of aromatic nitrogens is 3. The summed E-state index contributed by atoms with van der Waals surface area (Å²) in [5.41, 5.74) is 0.175. The van der Waals surface area contributed by atoms with Crippen LogP contribution in [0.4, 0.5) is 17.6 Å². The second-order valence-electron chi connectivity index (χ2n) is 7.36. The van der Waals surface area contributed by atoms with Crippen molar-refractivity contribution in [2.24, 2.45) is 0 Å². The van der Waals surface area contributed by atoms with Gasteiger partial charge in [0, 0.05) is 35.1 Å². The topological polar surface area (TPSA) is 51.0 Å². The van der Waals surface area contributed by atoms with Crippen LogP contribution in [-0.2, 0) is 12.3 Å². The van der Waals surface area contributed by atoms with E-state index in [-0.39, 0.29) is 22.5 Å². The molecule has 1 amide bonds. The Labute approximate surface area is 201 Å². The van der Waals surface area contributed by atoms with Gasteiger partial charge in [-0.25, -0.2) is 27.5 Å². The summed E-state index contributed by atoms with van der Waals surface area (Å²) in [6.45, 7) is 2.19. The third-order valence-corrected chi connectivity index (χ3v) is 6.80. The van der Waals surface area contributed by atoms with E-state index >= 15 is 0 Å². The number of nitrogens with zero attached hydrogens (tertiary/aromatic N) is 4. The molecule has 0 saturated carbocycles. The van der Waals surface area contributed by atoms with E-state index in [2.05, 4.69) is 9.97 Å². The van der Waals surface area contributed by atoms with E-state index in [0.29, 0.717) is 12.2 Å². The number of thiazole rings is 1. The molecule has 0 aliphatic heterocycles. The van der Waals surface area contributed by atoms with Gasteiger partial charge < -0.3 is 4.90 Å². The first-order valence-corrected chi connectivity index (χ1v) is 11.8. The van der Waals surface area contributed by atoms with Gasteiger partial charge in [0.15, 0.2) is 16.8 Å². The molecule has 0 aliphatic rings. The number of rotatable bonds is 7. The molecule has 2 aromatic carbocycles. The van der Waals surface area contributed by atoms with E-state index in [9.17, 15) is 22.4 Å². The minimum atomic E-state index is -1.27. The van der Waals surface area contributed by atoms with E-state index in [1.807, 2.05) is 6.92 Å². The van der Waals surface area contributed by atoms with Gasteiger partial charge in [0.2, 0.25) is 0 Å². The molecular weight excluding hydrogens is 488 g/mol. The first-order chi connectivity index (χ1) is 16.2. The van der Waals surface area contributed by atoms with Crippen molar-refractivity contribution >= 4 is 29.0 Å². The summed E-state index contributed by atoms with van der Waals surface area (Å²) < 4.78 is 56.8. The van der Waals surface area contributed by atoms with Crippen LogP contribution in [0, 0.1) is 30.2 Å². The lowest BCUT2D eigenvalue weighted by molar-refractivity contribution is 0.0778. The number of halogens is 4. The predicted octanol–water partition coefficient (Wildman–Crippen LogP) is 5.76. The quantitative estimate of drug-likeness (QED) is 0.182. The van der Waals surface area contributed by atoms with Crippen molar-refractivity contribution in [2.45, 2.75) is 24.4 Å². The zero-order chi connectivity index (χ0) is 24.4. The number of thioether (sulfide) groups is 1. The van der Waals surface area contributed by atoms with Crippen molar-refractivity contribution < 1.29 is 22.4 Å². The predicted molar refractivity (Wildman–Crippen MR) is 122 cm³/mol. The Morgan fingerprint density at radius 3 is 2.41 bits per heavy atom. The average Bonchev–Trinajstić information content (AvgIpc) is 3.42. The first kappa shape index (κ1) is 24.0. The second kappa shape index (κ2) is 9.98. The number of carbonyl (C=O) groups is 1. The molecule has 0 N–H and O–H groups in total. The molecule has 0 unspecified atom stereocenters. The lowest BCUT2D eigenvalue weighted by Gasteiger charge is -2.18. The monoisotopic (exact) mass is 506 g/mol. The standard InChI is InChI=1S/C23H18F4N4OS2/c1-13-28-9-16(34-13)11-30(2)22(32)20-10-29-23(31(20)15-5-3-14(24)4-6-15)33-12-17-18(25)7-8-19(26)21(17)27/h3-10H,11-12H2,1-2H3. The van der Waals surface area contributed by atoms with E-state index in [0.717, 1.165) is 33.8 Å². The van der Waals surface area contributed by atoms with E-state index in [1.165, 1.54) is 51.3 Å². The summed E-state index contributed by atoms with van der Waals surface area (Å²) in [5.74, 6) is -4.41. The van der Waals surface area contributed by atoms with Crippen molar-refractivity contribution in [1.29, 1.82) is 0 Å². The maximum atomic E-state index is 14.1. The highest BCUT2D eigenvalue weighted by atomic mass is 32.2. The molecule has 0 aliphatic carbocycles. The average molecular weight is 507 g/mol. The van der Waals surface area contributed by atoms with Gasteiger partial charge in [0.05, 0.1) is 17.7 Å². The molecule has 0 fully saturated rings. The van der Waals surface area contributed by atoms with Gasteiger partial charge in [-0.05, 0) is 43.3 Å². The van der Waals surface area contributed by atoms with Gasteiger partial charge in [-0.3, -0.25) is 9.36 Å². The summed E-state index contributed by atoms with van der Waals surface area (Å²) in [6.07, 6.45) is 3.05. The van der Waals surface area contributed by atoms with Gasteiger partial charge in [-0.2, -0.15) is 0 Å². The SMILES string of the molecule is Cc1ncc(CN(C)C(=O)c2cnc(SCc3c(F)ccc(F)c3F)n2-c2ccc(F)cc2)s1. The van der Waals surface area contributed by atoms with E-state index in [1.54, 1.807) is 13.2 Å². The highest BCUT2D eigenvalue weighted by molar-refractivity contribution is 7.98. The summed E-state index contributed by atoms with van der Waals surface area (Å²) in [6, 6.07) is 6.96. The summed E-state index contributed by atoms with van der Waals surface area (Å²) >= 11 is 2.40. The van der Waals surface area contributed by atoms with Crippen molar-refractivity contribution in [1.82, 2.24) is 19.4 Å². The Kier molecular flexibility index (Phi) is 7.03. The Morgan fingerprint density at radius 2 is 1.74 bits per heavy atom. The Bertz CT molecular complexity index is 1340. The molecule has 2 heterocycles. The van der Waals surface area contributed by atoms with Crippen LogP contribution in [0.2, 0.25) is 0 Å². The molecule has 34 heavy (non-hydrogen) atoms. The fourth-order valence-electron chi connectivity index (χ4n) is 3.24. The van der Waals surface area contributed by atoms with Crippen molar-refractivity contribution in [2.75, 3.05) is 7.05 Å². The van der Waals surface area contributed by atoms with E-state index in [4.69, 9.17) is 0 Å². The number of amides is 1. The molecule has 176 valence electrons. The Balaban J connectivity index is 1.67. The molecule has 0 atom stereocenters. The van der Waals surface area contributed by atoms with Crippen LogP contribution in [0.1, 0.15) is 25.9 Å². The van der Waals surface area contributed by atoms with Crippen molar-refractivity contribution in [3.8, 4) is 5.69 Å². The molecule has 4 aromatic rings. The van der Waals surface area contributed by atoms with Crippen molar-refractivity contribution in [3.05, 3.63) is 93.2 Å². The smallest absolute Gasteiger partial charge is 0.272 e. The van der Waals surface area contributed by atoms with Crippen LogP contribution in [0.15, 0.2) is 53.9 Å². The van der Waals surface area contributed by atoms with Crippen LogP contribution in [0.3, 0.4) is 0 Å². The van der Waals surface area contributed by atoms with Gasteiger partial charge in [-0.15, -0.1) is 11.3 Å². The number of hydrogen-bond donors (Lipinski definition) is 0. The minimum absolute atomic E-state index is 0.179. The number of aryl methyl sites for hydroxylation is 1. The normalized spacial score (nSPS) is 11.1. The molecule has 4 rings (SSSR count). The molecule has 0 radical (unpaired) electrons. The summed E-state index contributed by atoms with van der Waals surface area (Å²) in [4.78, 5) is 24.1. The molecule has 2 aromatic heterocycles. The van der Waals surface area contributed by atoms with Gasteiger partial charge >= 0.3 is 0 Å². The van der Waals surface area contributed by atoms with Gasteiger partial charge in [0.1, 0.15) is 17.3 Å².